The maximum Gasteiger partial charge on any atom is 0.185 e. The fourth-order valence-corrected chi connectivity index (χ4v) is 3.68. The molecule has 1 saturated heterocycles. The molecule has 0 aliphatic carbocycles. The fraction of sp³-hybridized carbons (Fsp3) is 0.800. The van der Waals surface area contributed by atoms with E-state index in [1.807, 2.05) is 11.3 Å². The van der Waals surface area contributed by atoms with Crippen LogP contribution in [0, 0.1) is 0 Å². The van der Waals surface area contributed by atoms with Gasteiger partial charge in [-0.05, 0) is 25.9 Å². The van der Waals surface area contributed by atoms with E-state index in [4.69, 9.17) is 4.98 Å². The van der Waals surface area contributed by atoms with Gasteiger partial charge in [0.25, 0.3) is 0 Å². The van der Waals surface area contributed by atoms with Crippen LogP contribution >= 0.6 is 11.3 Å². The van der Waals surface area contributed by atoms with E-state index in [1.54, 1.807) is 0 Å². The minimum absolute atomic E-state index is 0.505. The van der Waals surface area contributed by atoms with Crippen molar-refractivity contribution in [2.45, 2.75) is 39.7 Å². The third-order valence-electron chi connectivity index (χ3n) is 3.75. The van der Waals surface area contributed by atoms with E-state index in [0.717, 1.165) is 39.3 Å². The molecule has 20 heavy (non-hydrogen) atoms. The third kappa shape index (κ3) is 3.93. The summed E-state index contributed by atoms with van der Waals surface area (Å²) in [4.78, 5) is 11.2. The van der Waals surface area contributed by atoms with Crippen LogP contribution in [0.3, 0.4) is 0 Å². The smallest absolute Gasteiger partial charge is 0.185 e. The molecule has 0 unspecified atom stereocenters. The van der Waals surface area contributed by atoms with E-state index >= 15 is 0 Å². The van der Waals surface area contributed by atoms with Crippen LogP contribution in [0.2, 0.25) is 0 Å². The number of nitrogens with one attached hydrogen (secondary N) is 1. The van der Waals surface area contributed by atoms with Gasteiger partial charge in [-0.3, -0.25) is 0 Å². The van der Waals surface area contributed by atoms with Crippen molar-refractivity contribution in [2.24, 2.45) is 0 Å². The Morgan fingerprint density at radius 2 is 1.95 bits per heavy atom. The molecule has 0 amide bonds. The number of piperazine rings is 1. The number of hydrogen-bond donors (Lipinski definition) is 1. The number of anilines is 1. The van der Waals surface area contributed by atoms with Gasteiger partial charge in [0.1, 0.15) is 0 Å². The molecule has 1 fully saturated rings. The predicted octanol–water partition coefficient (Wildman–Crippen LogP) is 2.52. The SMILES string of the molecule is CCCNCc1sc(N2CCN(C)CC2)nc1C(C)C. The topological polar surface area (TPSA) is 31.4 Å². The van der Waals surface area contributed by atoms with Gasteiger partial charge >= 0.3 is 0 Å². The second-order valence-electron chi connectivity index (χ2n) is 5.93. The summed E-state index contributed by atoms with van der Waals surface area (Å²) in [6, 6.07) is 0. The standard InChI is InChI=1S/C15H28N4S/c1-5-6-16-11-13-14(12(2)3)17-15(20-13)19-9-7-18(4)8-10-19/h12,16H,5-11H2,1-4H3. The van der Waals surface area contributed by atoms with Gasteiger partial charge in [-0.2, -0.15) is 0 Å². The minimum Gasteiger partial charge on any atom is -0.346 e. The lowest BCUT2D eigenvalue weighted by molar-refractivity contribution is 0.312. The summed E-state index contributed by atoms with van der Waals surface area (Å²) in [7, 11) is 2.19. The first-order valence-electron chi connectivity index (χ1n) is 7.75. The molecule has 0 aromatic carbocycles. The number of aromatic nitrogens is 1. The van der Waals surface area contributed by atoms with Gasteiger partial charge in [-0.25, -0.2) is 4.98 Å². The van der Waals surface area contributed by atoms with Crippen LogP contribution < -0.4 is 10.2 Å². The average molecular weight is 296 g/mol. The maximum absolute atomic E-state index is 4.92. The number of rotatable bonds is 6. The Kier molecular flexibility index (Phi) is 5.81. The third-order valence-corrected chi connectivity index (χ3v) is 4.88. The Bertz CT molecular complexity index is 408. The van der Waals surface area contributed by atoms with E-state index in [0.29, 0.717) is 5.92 Å². The summed E-state index contributed by atoms with van der Waals surface area (Å²) in [5.41, 5.74) is 1.28. The number of hydrogen-bond acceptors (Lipinski definition) is 5. The van der Waals surface area contributed by atoms with E-state index < -0.39 is 0 Å². The highest BCUT2D eigenvalue weighted by atomic mass is 32.1. The van der Waals surface area contributed by atoms with Crippen molar-refractivity contribution >= 4 is 16.5 Å². The lowest BCUT2D eigenvalue weighted by Gasteiger charge is -2.32. The molecule has 0 saturated carbocycles. The molecule has 0 spiro atoms. The minimum atomic E-state index is 0.505. The van der Waals surface area contributed by atoms with E-state index in [1.165, 1.54) is 22.1 Å². The maximum atomic E-state index is 4.92. The molecule has 114 valence electrons. The van der Waals surface area contributed by atoms with Crippen molar-refractivity contribution in [3.63, 3.8) is 0 Å². The van der Waals surface area contributed by atoms with Gasteiger partial charge in [-0.1, -0.05) is 20.8 Å². The first kappa shape index (κ1) is 15.7. The molecule has 2 rings (SSSR count). The van der Waals surface area contributed by atoms with Crippen LogP contribution in [-0.4, -0.2) is 49.7 Å². The average Bonchev–Trinajstić information content (AvgIpc) is 2.84. The molecule has 0 bridgehead atoms. The fourth-order valence-electron chi connectivity index (χ4n) is 2.44. The molecule has 5 heteroatoms. The zero-order valence-corrected chi connectivity index (χ0v) is 14.1. The van der Waals surface area contributed by atoms with Gasteiger partial charge in [0.05, 0.1) is 5.69 Å². The van der Waals surface area contributed by atoms with Crippen LogP contribution in [0.5, 0.6) is 0 Å². The Hall–Kier alpha value is -0.650. The molecular weight excluding hydrogens is 268 g/mol. The molecule has 1 N–H and O–H groups in total. The lowest BCUT2D eigenvalue weighted by atomic mass is 10.1. The van der Waals surface area contributed by atoms with Crippen molar-refractivity contribution in [3.05, 3.63) is 10.6 Å². The normalized spacial score (nSPS) is 17.1. The van der Waals surface area contributed by atoms with Crippen LogP contribution in [0.15, 0.2) is 0 Å². The number of nitrogens with zero attached hydrogens (tertiary/aromatic N) is 3. The Labute approximate surface area is 127 Å². The van der Waals surface area contributed by atoms with Crippen molar-refractivity contribution < 1.29 is 0 Å². The molecule has 1 aliphatic rings. The Morgan fingerprint density at radius 3 is 2.55 bits per heavy atom. The van der Waals surface area contributed by atoms with E-state index in [9.17, 15) is 0 Å². The van der Waals surface area contributed by atoms with Crippen molar-refractivity contribution in [2.75, 3.05) is 44.7 Å². The zero-order chi connectivity index (χ0) is 14.5. The molecular formula is C15H28N4S. The van der Waals surface area contributed by atoms with Crippen LogP contribution in [0.1, 0.15) is 43.7 Å². The summed E-state index contributed by atoms with van der Waals surface area (Å²) in [5.74, 6) is 0.505. The largest absolute Gasteiger partial charge is 0.346 e. The number of thiazole rings is 1. The van der Waals surface area contributed by atoms with Gasteiger partial charge in [0.2, 0.25) is 0 Å². The second-order valence-corrected chi connectivity index (χ2v) is 6.99. The van der Waals surface area contributed by atoms with Crippen molar-refractivity contribution in [1.29, 1.82) is 0 Å². The molecule has 0 atom stereocenters. The molecule has 0 radical (unpaired) electrons. The predicted molar refractivity (Wildman–Crippen MR) is 87.9 cm³/mol. The molecule has 2 heterocycles. The summed E-state index contributed by atoms with van der Waals surface area (Å²) in [6.45, 7) is 13.2. The summed E-state index contributed by atoms with van der Waals surface area (Å²) >= 11 is 1.88. The van der Waals surface area contributed by atoms with E-state index in [-0.39, 0.29) is 0 Å². The van der Waals surface area contributed by atoms with Gasteiger partial charge in [0.15, 0.2) is 5.13 Å². The Morgan fingerprint density at radius 1 is 1.25 bits per heavy atom. The summed E-state index contributed by atoms with van der Waals surface area (Å²) in [5, 5.41) is 4.73. The van der Waals surface area contributed by atoms with Gasteiger partial charge in [-0.15, -0.1) is 11.3 Å². The summed E-state index contributed by atoms with van der Waals surface area (Å²) in [6.07, 6.45) is 1.18. The molecule has 1 aromatic heterocycles. The lowest BCUT2D eigenvalue weighted by Crippen LogP contribution is -2.44. The van der Waals surface area contributed by atoms with Crippen molar-refractivity contribution in [3.8, 4) is 0 Å². The first-order chi connectivity index (χ1) is 9.61. The van der Waals surface area contributed by atoms with Crippen molar-refractivity contribution in [1.82, 2.24) is 15.2 Å². The molecule has 1 aliphatic heterocycles. The van der Waals surface area contributed by atoms with Crippen LogP contribution in [0.4, 0.5) is 5.13 Å². The molecule has 4 nitrogen and oxygen atoms in total. The first-order valence-corrected chi connectivity index (χ1v) is 8.57. The highest BCUT2D eigenvalue weighted by molar-refractivity contribution is 7.15. The van der Waals surface area contributed by atoms with Crippen LogP contribution in [0.25, 0.3) is 0 Å². The quantitative estimate of drug-likeness (QED) is 0.817. The number of likely N-dealkylation sites (N-methyl/N-ethyl adjacent to an activating group) is 1. The highest BCUT2D eigenvalue weighted by Crippen LogP contribution is 2.31. The van der Waals surface area contributed by atoms with E-state index in [2.05, 4.69) is 42.9 Å². The zero-order valence-electron chi connectivity index (χ0n) is 13.3. The highest BCUT2D eigenvalue weighted by Gasteiger charge is 2.20. The second kappa shape index (κ2) is 7.38. The van der Waals surface area contributed by atoms with Crippen LogP contribution in [-0.2, 0) is 6.54 Å². The summed E-state index contributed by atoms with van der Waals surface area (Å²) < 4.78 is 0. The van der Waals surface area contributed by atoms with Gasteiger partial charge < -0.3 is 15.1 Å². The van der Waals surface area contributed by atoms with Gasteiger partial charge in [0, 0.05) is 37.6 Å². The monoisotopic (exact) mass is 296 g/mol. The Balaban J connectivity index is 2.07. The molecule has 1 aromatic rings.